The van der Waals surface area contributed by atoms with Gasteiger partial charge < -0.3 is 11.5 Å². The summed E-state index contributed by atoms with van der Waals surface area (Å²) in [7, 11) is -3.83. The lowest BCUT2D eigenvalue weighted by molar-refractivity contribution is 0.530. The Labute approximate surface area is 103 Å². The number of hydrogen-bond acceptors (Lipinski definition) is 7. The van der Waals surface area contributed by atoms with Crippen molar-refractivity contribution < 1.29 is 8.42 Å². The Hall–Kier alpha value is -1.09. The predicted octanol–water partition coefficient (Wildman–Crippen LogP) is -0.271. The van der Waals surface area contributed by atoms with Crippen molar-refractivity contribution in [1.29, 1.82) is 0 Å². The Bertz CT molecular complexity index is 590. The minimum Gasteiger partial charge on any atom is -0.322 e. The van der Waals surface area contributed by atoms with Crippen molar-refractivity contribution in [3.63, 3.8) is 0 Å². The standard InChI is InChI=1S/C9H12N4O2S2/c1-6-12-13-8(16-6)17(14,15)9(11)5-3-2-4-7(9)10/h2-5,7H,10-11H2,1H3. The second kappa shape index (κ2) is 3.98. The Morgan fingerprint density at radius 1 is 1.41 bits per heavy atom. The molecule has 17 heavy (non-hydrogen) atoms. The first kappa shape index (κ1) is 12.4. The molecule has 1 aromatic rings. The molecule has 0 spiro atoms. The second-order valence-corrected chi connectivity index (χ2v) is 7.25. The Kier molecular flexibility index (Phi) is 2.90. The maximum atomic E-state index is 12.4. The van der Waals surface area contributed by atoms with Crippen LogP contribution in [0.25, 0.3) is 0 Å². The van der Waals surface area contributed by atoms with Crippen LogP contribution in [-0.2, 0) is 9.84 Å². The lowest BCUT2D eigenvalue weighted by atomic mass is 10.0. The monoisotopic (exact) mass is 272 g/mol. The zero-order valence-electron chi connectivity index (χ0n) is 9.07. The molecule has 2 atom stereocenters. The molecule has 4 N–H and O–H groups in total. The van der Waals surface area contributed by atoms with Crippen LogP contribution >= 0.6 is 11.3 Å². The van der Waals surface area contributed by atoms with Crippen LogP contribution in [0.3, 0.4) is 0 Å². The molecule has 0 aromatic carbocycles. The number of allylic oxidation sites excluding steroid dienone is 2. The first-order chi connectivity index (χ1) is 7.88. The van der Waals surface area contributed by atoms with E-state index in [-0.39, 0.29) is 4.34 Å². The normalized spacial score (nSPS) is 28.5. The van der Waals surface area contributed by atoms with Gasteiger partial charge in [0, 0.05) is 0 Å². The van der Waals surface area contributed by atoms with Gasteiger partial charge in [-0.15, -0.1) is 10.2 Å². The van der Waals surface area contributed by atoms with E-state index in [0.29, 0.717) is 5.01 Å². The molecule has 0 amide bonds. The Morgan fingerprint density at radius 3 is 2.65 bits per heavy atom. The highest BCUT2D eigenvalue weighted by Crippen LogP contribution is 2.29. The third-order valence-electron chi connectivity index (χ3n) is 2.51. The van der Waals surface area contributed by atoms with Gasteiger partial charge in [-0.3, -0.25) is 0 Å². The first-order valence-electron chi connectivity index (χ1n) is 4.83. The number of hydrogen-bond donors (Lipinski definition) is 2. The maximum Gasteiger partial charge on any atom is 0.234 e. The highest BCUT2D eigenvalue weighted by atomic mass is 32.2. The topological polar surface area (TPSA) is 112 Å². The van der Waals surface area contributed by atoms with Crippen molar-refractivity contribution in [3.8, 4) is 0 Å². The molecule has 2 unspecified atom stereocenters. The summed E-state index contributed by atoms with van der Waals surface area (Å²) in [4.78, 5) is -1.66. The summed E-state index contributed by atoms with van der Waals surface area (Å²) in [5.74, 6) is 0. The van der Waals surface area contributed by atoms with E-state index in [4.69, 9.17) is 11.5 Å². The van der Waals surface area contributed by atoms with Crippen molar-refractivity contribution >= 4 is 21.2 Å². The van der Waals surface area contributed by atoms with E-state index < -0.39 is 20.8 Å². The molecule has 0 aliphatic heterocycles. The van der Waals surface area contributed by atoms with Gasteiger partial charge in [0.05, 0.1) is 6.04 Å². The van der Waals surface area contributed by atoms with E-state index in [9.17, 15) is 8.42 Å². The molecule has 6 nitrogen and oxygen atoms in total. The van der Waals surface area contributed by atoms with Gasteiger partial charge in [0.1, 0.15) is 5.01 Å². The molecule has 1 aromatic heterocycles. The van der Waals surface area contributed by atoms with Gasteiger partial charge in [0.25, 0.3) is 0 Å². The summed E-state index contributed by atoms with van der Waals surface area (Å²) in [6.45, 7) is 1.68. The summed E-state index contributed by atoms with van der Waals surface area (Å²) in [5, 5.41) is 7.88. The van der Waals surface area contributed by atoms with Crippen molar-refractivity contribution in [2.45, 2.75) is 22.2 Å². The third kappa shape index (κ3) is 1.82. The quantitative estimate of drug-likeness (QED) is 0.766. The van der Waals surface area contributed by atoms with Crippen molar-refractivity contribution in [2.75, 3.05) is 0 Å². The number of nitrogens with zero attached hydrogens (tertiary/aromatic N) is 2. The fourth-order valence-corrected chi connectivity index (χ4v) is 4.25. The van der Waals surface area contributed by atoms with E-state index in [2.05, 4.69) is 10.2 Å². The average Bonchev–Trinajstić information content (AvgIpc) is 2.70. The molecule has 1 heterocycles. The molecule has 0 bridgehead atoms. The van der Waals surface area contributed by atoms with Crippen molar-refractivity contribution in [2.24, 2.45) is 11.5 Å². The maximum absolute atomic E-state index is 12.4. The predicted molar refractivity (Wildman–Crippen MR) is 65.0 cm³/mol. The highest BCUT2D eigenvalue weighted by Gasteiger charge is 2.46. The van der Waals surface area contributed by atoms with Gasteiger partial charge in [-0.2, -0.15) is 0 Å². The van der Waals surface area contributed by atoms with Gasteiger partial charge in [-0.05, 0) is 13.0 Å². The van der Waals surface area contributed by atoms with Crippen LogP contribution in [0.2, 0.25) is 0 Å². The minimum absolute atomic E-state index is 0.104. The lowest BCUT2D eigenvalue weighted by Crippen LogP contribution is -2.59. The van der Waals surface area contributed by atoms with E-state index >= 15 is 0 Å². The van der Waals surface area contributed by atoms with Crippen molar-refractivity contribution in [3.05, 3.63) is 29.3 Å². The van der Waals surface area contributed by atoms with Crippen LogP contribution in [0.5, 0.6) is 0 Å². The first-order valence-corrected chi connectivity index (χ1v) is 7.13. The van der Waals surface area contributed by atoms with Gasteiger partial charge in [0.15, 0.2) is 4.87 Å². The summed E-state index contributed by atoms with van der Waals surface area (Å²) in [6.07, 6.45) is 6.15. The Balaban J connectivity index is 2.53. The Morgan fingerprint density at radius 2 is 2.12 bits per heavy atom. The molecule has 1 aliphatic rings. The zero-order chi connectivity index (χ0) is 12.7. The van der Waals surface area contributed by atoms with Crippen LogP contribution in [0, 0.1) is 6.92 Å². The van der Waals surface area contributed by atoms with E-state index in [0.717, 1.165) is 11.3 Å². The summed E-state index contributed by atoms with van der Waals surface area (Å²) in [5.41, 5.74) is 11.7. The SMILES string of the molecule is Cc1nnc(S(=O)(=O)C2(N)C=CC=CC2N)s1. The molecular weight excluding hydrogens is 260 g/mol. The number of rotatable bonds is 2. The average molecular weight is 272 g/mol. The van der Waals surface area contributed by atoms with Gasteiger partial charge >= 0.3 is 0 Å². The highest BCUT2D eigenvalue weighted by molar-refractivity contribution is 7.94. The molecule has 0 saturated heterocycles. The number of aryl methyl sites for hydroxylation is 1. The second-order valence-electron chi connectivity index (χ2n) is 3.71. The zero-order valence-corrected chi connectivity index (χ0v) is 10.7. The van der Waals surface area contributed by atoms with Crippen LogP contribution in [0.1, 0.15) is 5.01 Å². The molecule has 1 aliphatic carbocycles. The minimum atomic E-state index is -3.83. The lowest BCUT2D eigenvalue weighted by Gasteiger charge is -2.30. The molecule has 0 fully saturated rings. The van der Waals surface area contributed by atoms with E-state index in [1.807, 2.05) is 0 Å². The van der Waals surface area contributed by atoms with Crippen LogP contribution in [-0.4, -0.2) is 29.5 Å². The van der Waals surface area contributed by atoms with Crippen LogP contribution in [0.4, 0.5) is 0 Å². The largest absolute Gasteiger partial charge is 0.322 e. The molecule has 2 rings (SSSR count). The summed E-state index contributed by atoms with van der Waals surface area (Å²) < 4.78 is 24.6. The molecule has 92 valence electrons. The molecule has 0 radical (unpaired) electrons. The van der Waals surface area contributed by atoms with Crippen LogP contribution in [0.15, 0.2) is 28.6 Å². The van der Waals surface area contributed by atoms with Crippen LogP contribution < -0.4 is 11.5 Å². The van der Waals surface area contributed by atoms with Gasteiger partial charge in [0.2, 0.25) is 14.2 Å². The number of nitrogens with two attached hydrogens (primary N) is 2. The van der Waals surface area contributed by atoms with E-state index in [1.165, 1.54) is 6.08 Å². The fourth-order valence-electron chi connectivity index (χ4n) is 1.46. The smallest absolute Gasteiger partial charge is 0.234 e. The van der Waals surface area contributed by atoms with Gasteiger partial charge in [-0.1, -0.05) is 29.6 Å². The number of aromatic nitrogens is 2. The van der Waals surface area contributed by atoms with Gasteiger partial charge in [-0.25, -0.2) is 8.42 Å². The molecule has 0 saturated carbocycles. The summed E-state index contributed by atoms with van der Waals surface area (Å²) >= 11 is 0.985. The van der Waals surface area contributed by atoms with E-state index in [1.54, 1.807) is 25.2 Å². The van der Waals surface area contributed by atoms with Crippen molar-refractivity contribution in [1.82, 2.24) is 10.2 Å². The third-order valence-corrected chi connectivity index (χ3v) is 5.93. The number of sulfone groups is 1. The summed E-state index contributed by atoms with van der Waals surface area (Å²) in [6, 6.07) is -0.804. The molecular formula is C9H12N4O2S2. The fraction of sp³-hybridized carbons (Fsp3) is 0.333. The molecule has 8 heteroatoms.